The van der Waals surface area contributed by atoms with E-state index < -0.39 is 11.4 Å². The van der Waals surface area contributed by atoms with Gasteiger partial charge >= 0.3 is 0 Å². The average Bonchev–Trinajstić information content (AvgIpc) is 2.75. The molecule has 1 atom stereocenters. The molecule has 0 bridgehead atoms. The van der Waals surface area contributed by atoms with Gasteiger partial charge in [-0.05, 0) is 44.1 Å². The maximum atomic E-state index is 13.7. The smallest absolute Gasteiger partial charge is 0.256 e. The number of fused-ring (bicyclic) bond motifs is 1. The van der Waals surface area contributed by atoms with Crippen molar-refractivity contribution >= 4 is 29.2 Å². The van der Waals surface area contributed by atoms with Crippen LogP contribution in [0.3, 0.4) is 0 Å². The lowest BCUT2D eigenvalue weighted by atomic mass is 9.94. The number of aromatic amines is 2. The zero-order chi connectivity index (χ0) is 15.2. The number of H-pyrrole nitrogens is 2. The molecular weight excluding hydrogens is 293 g/mol. The van der Waals surface area contributed by atoms with E-state index >= 15 is 0 Å². The van der Waals surface area contributed by atoms with Gasteiger partial charge in [0.15, 0.2) is 4.77 Å². The number of rotatable bonds is 1. The lowest BCUT2D eigenvalue weighted by Gasteiger charge is -2.36. The molecule has 5 nitrogen and oxygen atoms in total. The quantitative estimate of drug-likeness (QED) is 0.708. The molecule has 0 spiro atoms. The number of benzene rings is 1. The topological polar surface area (TPSA) is 72.1 Å². The van der Waals surface area contributed by atoms with Crippen LogP contribution in [0.25, 0.3) is 11.0 Å². The highest BCUT2D eigenvalue weighted by molar-refractivity contribution is 7.71. The number of hydrogen-bond acceptors (Lipinski definition) is 3. The van der Waals surface area contributed by atoms with Gasteiger partial charge in [0, 0.05) is 13.1 Å². The van der Waals surface area contributed by atoms with Gasteiger partial charge in [-0.3, -0.25) is 4.79 Å². The van der Waals surface area contributed by atoms with Gasteiger partial charge in [-0.25, -0.2) is 4.39 Å². The van der Waals surface area contributed by atoms with E-state index in [4.69, 9.17) is 12.2 Å². The van der Waals surface area contributed by atoms with E-state index in [1.165, 1.54) is 12.1 Å². The lowest BCUT2D eigenvalue weighted by molar-refractivity contribution is -0.0106. The summed E-state index contributed by atoms with van der Waals surface area (Å²) in [7, 11) is 0. The molecule has 1 fully saturated rings. The van der Waals surface area contributed by atoms with Crippen LogP contribution < -0.4 is 0 Å². The molecule has 1 aromatic carbocycles. The average molecular weight is 309 g/mol. The molecule has 2 aromatic rings. The number of carbonyl (C=O) groups excluding carboxylic acids is 1. The third-order valence-electron chi connectivity index (χ3n) is 3.78. The van der Waals surface area contributed by atoms with Gasteiger partial charge in [0.1, 0.15) is 5.82 Å². The molecule has 1 amide bonds. The second-order valence-electron chi connectivity index (χ2n) is 5.78. The molecule has 0 radical (unpaired) electrons. The molecule has 1 unspecified atom stereocenters. The Morgan fingerprint density at radius 2 is 2.24 bits per heavy atom. The number of nitrogens with zero attached hydrogens (tertiary/aromatic N) is 1. The van der Waals surface area contributed by atoms with Crippen LogP contribution in [0, 0.1) is 10.6 Å². The molecule has 1 aliphatic heterocycles. The summed E-state index contributed by atoms with van der Waals surface area (Å²) in [6.45, 7) is 2.50. The van der Waals surface area contributed by atoms with Crippen LogP contribution in [-0.2, 0) is 0 Å². The Labute approximate surface area is 125 Å². The number of carbonyl (C=O) groups is 1. The summed E-state index contributed by atoms with van der Waals surface area (Å²) in [5.74, 6) is -0.801. The van der Waals surface area contributed by atoms with Crippen molar-refractivity contribution in [3.63, 3.8) is 0 Å². The zero-order valence-electron chi connectivity index (χ0n) is 11.6. The first-order valence-corrected chi connectivity index (χ1v) is 7.20. The Hall–Kier alpha value is -1.73. The molecule has 1 aliphatic rings. The summed E-state index contributed by atoms with van der Waals surface area (Å²) in [5, 5.41) is 10.1. The van der Waals surface area contributed by atoms with Crippen molar-refractivity contribution in [2.45, 2.75) is 25.4 Å². The zero-order valence-corrected chi connectivity index (χ0v) is 12.4. The Morgan fingerprint density at radius 1 is 1.48 bits per heavy atom. The number of piperidine rings is 1. The van der Waals surface area contributed by atoms with Crippen LogP contribution in [0.1, 0.15) is 30.1 Å². The van der Waals surface area contributed by atoms with Crippen molar-refractivity contribution < 1.29 is 14.3 Å². The van der Waals surface area contributed by atoms with Gasteiger partial charge < -0.3 is 20.0 Å². The van der Waals surface area contributed by atoms with Gasteiger partial charge in [0.05, 0.1) is 22.2 Å². The molecule has 112 valence electrons. The summed E-state index contributed by atoms with van der Waals surface area (Å²) in [5.41, 5.74) is 0.296. The fraction of sp³-hybridized carbons (Fsp3) is 0.429. The standard InChI is InChI=1S/C14H16FN3O2S/c1-14(20)3-2-4-18(7-14)12(19)9-5-8(15)6-10-11(9)17-13(21)16-10/h5-6,20H,2-4,7H2,1H3,(H2,16,17,21). The Balaban J connectivity index is 2.03. The Kier molecular flexibility index (Phi) is 3.33. The Bertz CT molecular complexity index is 765. The monoisotopic (exact) mass is 309 g/mol. The number of likely N-dealkylation sites (tertiary alicyclic amines) is 1. The molecule has 7 heteroatoms. The number of aromatic nitrogens is 2. The number of nitrogens with one attached hydrogen (secondary N) is 2. The van der Waals surface area contributed by atoms with E-state index in [0.29, 0.717) is 28.8 Å². The van der Waals surface area contributed by atoms with Crippen molar-refractivity contribution in [3.05, 3.63) is 28.3 Å². The molecular formula is C14H16FN3O2S. The number of β-amino-alcohol motifs (C(OH)–C–C–N with tert-alkyl or cyclic N) is 1. The van der Waals surface area contributed by atoms with Gasteiger partial charge in [-0.1, -0.05) is 0 Å². The SMILES string of the molecule is CC1(O)CCCN(C(=O)c2cc(F)cc3[nH]c(=S)[nH]c23)C1. The summed E-state index contributed by atoms with van der Waals surface area (Å²) in [6, 6.07) is 2.50. The van der Waals surface area contributed by atoms with E-state index in [1.54, 1.807) is 11.8 Å². The normalized spacial score (nSPS) is 22.7. The first kappa shape index (κ1) is 14.2. The highest BCUT2D eigenvalue weighted by Crippen LogP contribution is 2.24. The van der Waals surface area contributed by atoms with Crippen LogP contribution in [-0.4, -0.2) is 44.6 Å². The number of amides is 1. The van der Waals surface area contributed by atoms with E-state index in [1.807, 2.05) is 0 Å². The molecule has 1 aromatic heterocycles. The van der Waals surface area contributed by atoms with E-state index in [-0.39, 0.29) is 18.0 Å². The van der Waals surface area contributed by atoms with Gasteiger partial charge in [-0.2, -0.15) is 0 Å². The predicted octanol–water partition coefficient (Wildman–Crippen LogP) is 2.35. The largest absolute Gasteiger partial charge is 0.388 e. The van der Waals surface area contributed by atoms with Crippen molar-refractivity contribution in [1.29, 1.82) is 0 Å². The molecule has 1 saturated heterocycles. The number of hydrogen-bond donors (Lipinski definition) is 3. The fourth-order valence-corrected chi connectivity index (χ4v) is 3.05. The summed E-state index contributed by atoms with van der Waals surface area (Å²) in [4.78, 5) is 19.9. The van der Waals surface area contributed by atoms with Crippen LogP contribution in [0.4, 0.5) is 4.39 Å². The van der Waals surface area contributed by atoms with Crippen LogP contribution in [0.15, 0.2) is 12.1 Å². The van der Waals surface area contributed by atoms with Crippen LogP contribution in [0.5, 0.6) is 0 Å². The highest BCUT2D eigenvalue weighted by Gasteiger charge is 2.32. The van der Waals surface area contributed by atoms with Crippen LogP contribution >= 0.6 is 12.2 Å². The van der Waals surface area contributed by atoms with Crippen molar-refractivity contribution in [3.8, 4) is 0 Å². The lowest BCUT2D eigenvalue weighted by Crippen LogP contribution is -2.48. The molecule has 21 heavy (non-hydrogen) atoms. The van der Waals surface area contributed by atoms with E-state index in [9.17, 15) is 14.3 Å². The van der Waals surface area contributed by atoms with Gasteiger partial charge in [0.25, 0.3) is 5.91 Å². The molecule has 3 N–H and O–H groups in total. The predicted molar refractivity (Wildman–Crippen MR) is 79.2 cm³/mol. The summed E-state index contributed by atoms with van der Waals surface area (Å²) < 4.78 is 14.0. The summed E-state index contributed by atoms with van der Waals surface area (Å²) >= 11 is 5.00. The first-order chi connectivity index (χ1) is 9.85. The Morgan fingerprint density at radius 3 is 2.95 bits per heavy atom. The second kappa shape index (κ2) is 4.92. The van der Waals surface area contributed by atoms with Crippen molar-refractivity contribution in [2.24, 2.45) is 0 Å². The van der Waals surface area contributed by atoms with Crippen LogP contribution in [0.2, 0.25) is 0 Å². The molecule has 0 saturated carbocycles. The van der Waals surface area contributed by atoms with Crippen molar-refractivity contribution in [2.75, 3.05) is 13.1 Å². The minimum atomic E-state index is -0.897. The van der Waals surface area contributed by atoms with Gasteiger partial charge in [0.2, 0.25) is 0 Å². The number of halogens is 1. The van der Waals surface area contributed by atoms with Gasteiger partial charge in [-0.15, -0.1) is 0 Å². The maximum Gasteiger partial charge on any atom is 0.256 e. The fourth-order valence-electron chi connectivity index (χ4n) is 2.84. The minimum absolute atomic E-state index is 0.232. The third-order valence-corrected chi connectivity index (χ3v) is 3.99. The highest BCUT2D eigenvalue weighted by atomic mass is 32.1. The maximum absolute atomic E-state index is 13.7. The second-order valence-corrected chi connectivity index (χ2v) is 6.19. The van der Waals surface area contributed by atoms with E-state index in [2.05, 4.69) is 9.97 Å². The van der Waals surface area contributed by atoms with Crippen molar-refractivity contribution in [1.82, 2.24) is 14.9 Å². The molecule has 0 aliphatic carbocycles. The number of aliphatic hydroxyl groups is 1. The summed E-state index contributed by atoms with van der Waals surface area (Å²) in [6.07, 6.45) is 1.38. The number of imidazole rings is 1. The molecule has 2 heterocycles. The third kappa shape index (κ3) is 2.71. The minimum Gasteiger partial charge on any atom is -0.388 e. The first-order valence-electron chi connectivity index (χ1n) is 6.79. The van der Waals surface area contributed by atoms with E-state index in [0.717, 1.165) is 6.42 Å². The molecule has 3 rings (SSSR count).